The predicted molar refractivity (Wildman–Crippen MR) is 59.8 cm³/mol. The monoisotopic (exact) mass is 226 g/mol. The highest BCUT2D eigenvalue weighted by Gasteiger charge is 2.13. The number of nitrogens with one attached hydrogen (secondary N) is 1. The van der Waals surface area contributed by atoms with Crippen molar-refractivity contribution in [1.82, 2.24) is 0 Å². The molecule has 2 N–H and O–H groups in total. The number of anilines is 1. The molecule has 16 heavy (non-hydrogen) atoms. The van der Waals surface area contributed by atoms with E-state index >= 15 is 0 Å². The van der Waals surface area contributed by atoms with E-state index in [0.29, 0.717) is 18.0 Å². The average Bonchev–Trinajstić information content (AvgIpc) is 2.26. The molecule has 0 spiro atoms. The van der Waals surface area contributed by atoms with E-state index in [1.807, 2.05) is 6.92 Å². The highest BCUT2D eigenvalue weighted by molar-refractivity contribution is 5.64. The van der Waals surface area contributed by atoms with Gasteiger partial charge in [-0.05, 0) is 13.0 Å². The molecule has 0 saturated carbocycles. The van der Waals surface area contributed by atoms with Crippen LogP contribution in [0.15, 0.2) is 18.2 Å². The van der Waals surface area contributed by atoms with Crippen molar-refractivity contribution >= 4 is 11.4 Å². The van der Waals surface area contributed by atoms with Crippen LogP contribution in [0, 0.1) is 10.1 Å². The highest BCUT2D eigenvalue weighted by Crippen LogP contribution is 2.28. The summed E-state index contributed by atoms with van der Waals surface area (Å²) in [6.07, 6.45) is 0. The number of hydrogen-bond donors (Lipinski definition) is 2. The number of aliphatic hydroxyl groups excluding tert-OH is 1. The van der Waals surface area contributed by atoms with Crippen LogP contribution in [-0.4, -0.2) is 29.8 Å². The van der Waals surface area contributed by atoms with Crippen LogP contribution in [0.3, 0.4) is 0 Å². The van der Waals surface area contributed by atoms with Crippen molar-refractivity contribution in [1.29, 1.82) is 0 Å². The number of hydrogen-bond acceptors (Lipinski definition) is 5. The molecule has 6 nitrogen and oxygen atoms in total. The first kappa shape index (κ1) is 12.3. The fourth-order valence-electron chi connectivity index (χ4n) is 1.26. The summed E-state index contributed by atoms with van der Waals surface area (Å²) in [6, 6.07) is 4.44. The minimum Gasteiger partial charge on any atom is -0.491 e. The number of benzene rings is 1. The molecule has 0 amide bonds. The molecule has 0 fully saturated rings. The fraction of sp³-hybridized carbons (Fsp3) is 0.400. The smallest absolute Gasteiger partial charge is 0.292 e. The van der Waals surface area contributed by atoms with Gasteiger partial charge in [0.05, 0.1) is 11.5 Å². The molecule has 0 unspecified atom stereocenters. The minimum atomic E-state index is -0.451. The van der Waals surface area contributed by atoms with Crippen molar-refractivity contribution in [2.45, 2.75) is 6.92 Å². The largest absolute Gasteiger partial charge is 0.491 e. The van der Waals surface area contributed by atoms with E-state index < -0.39 is 4.92 Å². The highest BCUT2D eigenvalue weighted by atomic mass is 16.6. The molecule has 1 rings (SSSR count). The van der Waals surface area contributed by atoms with Crippen LogP contribution in [0.1, 0.15) is 6.92 Å². The SMILES string of the molecule is CCNc1cc(OCCO)ccc1[N+](=O)[O-]. The van der Waals surface area contributed by atoms with Crippen molar-refractivity contribution in [3.63, 3.8) is 0 Å². The quantitative estimate of drug-likeness (QED) is 0.565. The van der Waals surface area contributed by atoms with Gasteiger partial charge in [0.1, 0.15) is 18.0 Å². The Hall–Kier alpha value is -1.82. The van der Waals surface area contributed by atoms with Gasteiger partial charge >= 0.3 is 0 Å². The van der Waals surface area contributed by atoms with Gasteiger partial charge in [-0.3, -0.25) is 10.1 Å². The van der Waals surface area contributed by atoms with Gasteiger partial charge in [-0.2, -0.15) is 0 Å². The Balaban J connectivity index is 2.92. The Morgan fingerprint density at radius 1 is 1.56 bits per heavy atom. The Morgan fingerprint density at radius 3 is 2.88 bits per heavy atom. The Labute approximate surface area is 93.0 Å². The second-order valence-corrected chi connectivity index (χ2v) is 3.04. The van der Waals surface area contributed by atoms with E-state index in [4.69, 9.17) is 9.84 Å². The zero-order valence-electron chi connectivity index (χ0n) is 8.97. The van der Waals surface area contributed by atoms with Crippen LogP contribution in [0.4, 0.5) is 11.4 Å². The summed E-state index contributed by atoms with van der Waals surface area (Å²) >= 11 is 0. The Morgan fingerprint density at radius 2 is 2.31 bits per heavy atom. The van der Waals surface area contributed by atoms with Gasteiger partial charge in [0, 0.05) is 18.7 Å². The maximum absolute atomic E-state index is 10.7. The fourth-order valence-corrected chi connectivity index (χ4v) is 1.26. The summed E-state index contributed by atoms with van der Waals surface area (Å²) in [5.41, 5.74) is 0.432. The molecule has 1 aromatic rings. The van der Waals surface area contributed by atoms with Crippen LogP contribution < -0.4 is 10.1 Å². The molecular formula is C10H14N2O4. The topological polar surface area (TPSA) is 84.6 Å². The first-order chi connectivity index (χ1) is 7.69. The number of nitro benzene ring substituents is 1. The molecule has 0 aromatic heterocycles. The van der Waals surface area contributed by atoms with Gasteiger partial charge in [0.15, 0.2) is 0 Å². The number of ether oxygens (including phenoxy) is 1. The average molecular weight is 226 g/mol. The molecule has 6 heteroatoms. The normalized spacial score (nSPS) is 9.88. The maximum Gasteiger partial charge on any atom is 0.292 e. The van der Waals surface area contributed by atoms with Gasteiger partial charge in [-0.25, -0.2) is 0 Å². The van der Waals surface area contributed by atoms with Gasteiger partial charge in [-0.15, -0.1) is 0 Å². The Kier molecular flexibility index (Phi) is 4.53. The van der Waals surface area contributed by atoms with E-state index in [2.05, 4.69) is 5.32 Å². The third kappa shape index (κ3) is 3.09. The number of nitro groups is 1. The van der Waals surface area contributed by atoms with E-state index in [-0.39, 0.29) is 18.9 Å². The van der Waals surface area contributed by atoms with E-state index in [0.717, 1.165) is 0 Å². The summed E-state index contributed by atoms with van der Waals surface area (Å²) in [6.45, 7) is 2.52. The van der Waals surface area contributed by atoms with Gasteiger partial charge in [-0.1, -0.05) is 0 Å². The van der Waals surface area contributed by atoms with Crippen LogP contribution in [0.25, 0.3) is 0 Å². The lowest BCUT2D eigenvalue weighted by atomic mass is 10.2. The van der Waals surface area contributed by atoms with E-state index in [9.17, 15) is 10.1 Å². The zero-order valence-corrected chi connectivity index (χ0v) is 8.97. The molecule has 0 bridgehead atoms. The van der Waals surface area contributed by atoms with Crippen molar-refractivity contribution in [3.8, 4) is 5.75 Å². The zero-order chi connectivity index (χ0) is 12.0. The standard InChI is InChI=1S/C10H14N2O4/c1-2-11-9-7-8(16-6-5-13)3-4-10(9)12(14)15/h3-4,7,11,13H,2,5-6H2,1H3. The lowest BCUT2D eigenvalue weighted by molar-refractivity contribution is -0.384. The van der Waals surface area contributed by atoms with Crippen molar-refractivity contribution in [2.75, 3.05) is 25.1 Å². The maximum atomic E-state index is 10.7. The second-order valence-electron chi connectivity index (χ2n) is 3.04. The van der Waals surface area contributed by atoms with E-state index in [1.165, 1.54) is 12.1 Å². The lowest BCUT2D eigenvalue weighted by Crippen LogP contribution is -2.04. The summed E-state index contributed by atoms with van der Waals surface area (Å²) in [4.78, 5) is 10.3. The number of aliphatic hydroxyl groups is 1. The number of rotatable bonds is 6. The van der Waals surface area contributed by atoms with Crippen LogP contribution in [0.5, 0.6) is 5.75 Å². The first-order valence-corrected chi connectivity index (χ1v) is 4.95. The van der Waals surface area contributed by atoms with Gasteiger partial charge < -0.3 is 15.2 Å². The van der Waals surface area contributed by atoms with Gasteiger partial charge in [0.2, 0.25) is 0 Å². The lowest BCUT2D eigenvalue weighted by Gasteiger charge is -2.08. The molecule has 88 valence electrons. The predicted octanol–water partition coefficient (Wildman–Crippen LogP) is 1.40. The molecule has 0 aliphatic heterocycles. The minimum absolute atomic E-state index is 0.0122. The third-order valence-electron chi connectivity index (χ3n) is 1.89. The van der Waals surface area contributed by atoms with Gasteiger partial charge in [0.25, 0.3) is 5.69 Å². The second kappa shape index (κ2) is 5.92. The molecule has 0 saturated heterocycles. The summed E-state index contributed by atoms with van der Waals surface area (Å²) in [7, 11) is 0. The van der Waals surface area contributed by atoms with Crippen LogP contribution in [0.2, 0.25) is 0 Å². The number of nitrogens with zero attached hydrogens (tertiary/aromatic N) is 1. The molecule has 0 aliphatic rings. The van der Waals surface area contributed by atoms with Crippen LogP contribution >= 0.6 is 0 Å². The molecule has 0 heterocycles. The molecular weight excluding hydrogens is 212 g/mol. The molecule has 0 radical (unpaired) electrons. The summed E-state index contributed by atoms with van der Waals surface area (Å²) in [5.74, 6) is 0.496. The molecule has 0 aliphatic carbocycles. The Bertz CT molecular complexity index is 368. The third-order valence-corrected chi connectivity index (χ3v) is 1.89. The molecule has 0 atom stereocenters. The van der Waals surface area contributed by atoms with Crippen molar-refractivity contribution in [2.24, 2.45) is 0 Å². The first-order valence-electron chi connectivity index (χ1n) is 4.95. The summed E-state index contributed by atoms with van der Waals surface area (Å²) < 4.78 is 5.16. The molecule has 1 aromatic carbocycles. The van der Waals surface area contributed by atoms with E-state index in [1.54, 1.807) is 6.07 Å². The summed E-state index contributed by atoms with van der Waals surface area (Å²) in [5, 5.41) is 22.2. The van der Waals surface area contributed by atoms with Crippen LogP contribution in [-0.2, 0) is 0 Å². The van der Waals surface area contributed by atoms with Crippen molar-refractivity contribution in [3.05, 3.63) is 28.3 Å². The van der Waals surface area contributed by atoms with Crippen molar-refractivity contribution < 1.29 is 14.8 Å².